The lowest BCUT2D eigenvalue weighted by atomic mass is 10.0. The van der Waals surface area contributed by atoms with Crippen LogP contribution in [-0.4, -0.2) is 46.1 Å². The number of hydrogen-bond donors (Lipinski definition) is 2. The lowest BCUT2D eigenvalue weighted by Gasteiger charge is -2.10. The minimum absolute atomic E-state index is 0.0128. The van der Waals surface area contributed by atoms with Gasteiger partial charge in [0.2, 0.25) is 0 Å². The molecule has 3 aromatic carbocycles. The Morgan fingerprint density at radius 3 is 2.32 bits per heavy atom. The number of hydrogen-bond acceptors (Lipinski definition) is 8. The predicted molar refractivity (Wildman–Crippen MR) is 127 cm³/mol. The van der Waals surface area contributed by atoms with Crippen LogP contribution in [-0.2, 0) is 4.79 Å². The van der Waals surface area contributed by atoms with Crippen molar-refractivity contribution in [2.45, 2.75) is 0 Å². The standard InChI is InChI=1S/C25H21N5O4/c1-33-21-14-17(12-13-20(21)31)15-26-28-22(32)16-34-25-27-23(18-8-4-2-5-9-18)24(29-30-25)19-10-6-3-7-11-19/h2-15,31H,16H2,1H3,(H,28,32)/b26-15+. The summed E-state index contributed by atoms with van der Waals surface area (Å²) in [7, 11) is 1.45. The molecular formula is C25H21N5O4. The molecule has 1 aromatic heterocycles. The second-order valence-electron chi connectivity index (χ2n) is 7.04. The molecule has 0 aliphatic carbocycles. The van der Waals surface area contributed by atoms with Crippen molar-refractivity contribution in [3.8, 4) is 40.0 Å². The molecule has 2 N–H and O–H groups in total. The van der Waals surface area contributed by atoms with Gasteiger partial charge in [-0.25, -0.2) is 5.43 Å². The van der Waals surface area contributed by atoms with Crippen LogP contribution in [0.4, 0.5) is 0 Å². The zero-order valence-electron chi connectivity index (χ0n) is 18.3. The van der Waals surface area contributed by atoms with Crippen LogP contribution in [0.25, 0.3) is 22.5 Å². The summed E-state index contributed by atoms with van der Waals surface area (Å²) < 4.78 is 10.5. The van der Waals surface area contributed by atoms with Crippen molar-refractivity contribution in [2.75, 3.05) is 13.7 Å². The molecule has 9 nitrogen and oxygen atoms in total. The summed E-state index contributed by atoms with van der Waals surface area (Å²) in [5.41, 5.74) is 5.91. The van der Waals surface area contributed by atoms with Gasteiger partial charge in [-0.3, -0.25) is 4.79 Å². The number of ether oxygens (including phenoxy) is 2. The quantitative estimate of drug-likeness (QED) is 0.309. The highest BCUT2D eigenvalue weighted by molar-refractivity contribution is 5.83. The van der Waals surface area contributed by atoms with Crippen LogP contribution in [0.2, 0.25) is 0 Å². The van der Waals surface area contributed by atoms with Crippen molar-refractivity contribution in [2.24, 2.45) is 5.10 Å². The van der Waals surface area contributed by atoms with Crippen molar-refractivity contribution >= 4 is 12.1 Å². The third-order valence-electron chi connectivity index (χ3n) is 4.70. The average Bonchev–Trinajstić information content (AvgIpc) is 2.89. The molecule has 9 heteroatoms. The highest BCUT2D eigenvalue weighted by Gasteiger charge is 2.14. The third-order valence-corrected chi connectivity index (χ3v) is 4.70. The van der Waals surface area contributed by atoms with Gasteiger partial charge in [0.15, 0.2) is 18.1 Å². The zero-order chi connectivity index (χ0) is 23.8. The predicted octanol–water partition coefficient (Wildman–Crippen LogP) is 3.45. The van der Waals surface area contributed by atoms with E-state index in [0.717, 1.165) is 11.1 Å². The smallest absolute Gasteiger partial charge is 0.336 e. The van der Waals surface area contributed by atoms with Gasteiger partial charge in [0.1, 0.15) is 11.4 Å². The molecule has 0 aliphatic rings. The number of nitrogens with zero attached hydrogens (tertiary/aromatic N) is 4. The van der Waals surface area contributed by atoms with Crippen LogP contribution in [0, 0.1) is 0 Å². The van der Waals surface area contributed by atoms with Gasteiger partial charge in [0.05, 0.1) is 13.3 Å². The molecule has 0 fully saturated rings. The van der Waals surface area contributed by atoms with Gasteiger partial charge in [-0.15, -0.1) is 5.10 Å². The fraction of sp³-hybridized carbons (Fsp3) is 0.0800. The molecule has 0 aliphatic heterocycles. The van der Waals surface area contributed by atoms with E-state index in [-0.39, 0.29) is 18.4 Å². The summed E-state index contributed by atoms with van der Waals surface area (Å²) in [6.45, 7) is -0.350. The molecule has 0 unspecified atom stereocenters. The van der Waals surface area contributed by atoms with Gasteiger partial charge in [-0.2, -0.15) is 10.1 Å². The Morgan fingerprint density at radius 2 is 1.65 bits per heavy atom. The van der Waals surface area contributed by atoms with Crippen LogP contribution in [0.5, 0.6) is 17.5 Å². The van der Waals surface area contributed by atoms with E-state index in [4.69, 9.17) is 9.47 Å². The number of benzene rings is 3. The van der Waals surface area contributed by atoms with Gasteiger partial charge in [-0.05, 0) is 23.8 Å². The number of methoxy groups -OCH3 is 1. The number of phenolic OH excluding ortho intramolecular Hbond substituents is 1. The van der Waals surface area contributed by atoms with E-state index in [0.29, 0.717) is 22.7 Å². The van der Waals surface area contributed by atoms with Gasteiger partial charge in [0, 0.05) is 11.1 Å². The van der Waals surface area contributed by atoms with Gasteiger partial charge < -0.3 is 14.6 Å². The summed E-state index contributed by atoms with van der Waals surface area (Å²) in [4.78, 5) is 16.6. The van der Waals surface area contributed by atoms with Crippen LogP contribution in [0.3, 0.4) is 0 Å². The molecule has 0 saturated heterocycles. The van der Waals surface area contributed by atoms with E-state index < -0.39 is 5.91 Å². The van der Waals surface area contributed by atoms with E-state index in [1.807, 2.05) is 60.7 Å². The first kappa shape index (κ1) is 22.4. The van der Waals surface area contributed by atoms with Crippen molar-refractivity contribution < 1.29 is 19.4 Å². The van der Waals surface area contributed by atoms with Gasteiger partial charge in [-0.1, -0.05) is 65.8 Å². The maximum atomic E-state index is 12.1. The number of carbonyl (C=O) groups excluding carboxylic acids is 1. The number of amides is 1. The van der Waals surface area contributed by atoms with Crippen molar-refractivity contribution in [1.29, 1.82) is 0 Å². The summed E-state index contributed by atoms with van der Waals surface area (Å²) in [5, 5.41) is 21.8. The summed E-state index contributed by atoms with van der Waals surface area (Å²) in [5.74, 6) is -0.186. The van der Waals surface area contributed by atoms with Crippen molar-refractivity contribution in [1.82, 2.24) is 20.6 Å². The minimum atomic E-state index is -0.501. The Bertz CT molecular complexity index is 1300. The number of phenols is 1. The molecule has 1 amide bonds. The highest BCUT2D eigenvalue weighted by Crippen LogP contribution is 2.29. The topological polar surface area (TPSA) is 119 Å². The maximum Gasteiger partial charge on any atom is 0.336 e. The number of hydrazone groups is 1. The molecule has 4 aromatic rings. The van der Waals surface area contributed by atoms with Gasteiger partial charge in [0.25, 0.3) is 5.91 Å². The molecule has 0 bridgehead atoms. The summed E-state index contributed by atoms with van der Waals surface area (Å²) >= 11 is 0. The van der Waals surface area contributed by atoms with Gasteiger partial charge >= 0.3 is 6.01 Å². The van der Waals surface area contributed by atoms with E-state index in [9.17, 15) is 9.90 Å². The first-order valence-corrected chi connectivity index (χ1v) is 10.3. The van der Waals surface area contributed by atoms with E-state index in [2.05, 4.69) is 25.7 Å². The number of carbonyl (C=O) groups is 1. The van der Waals surface area contributed by atoms with Crippen molar-refractivity contribution in [3.63, 3.8) is 0 Å². The number of nitrogens with one attached hydrogen (secondary N) is 1. The fourth-order valence-corrected chi connectivity index (χ4v) is 3.08. The summed E-state index contributed by atoms with van der Waals surface area (Å²) in [6, 6.07) is 23.8. The molecule has 170 valence electrons. The molecular weight excluding hydrogens is 434 g/mol. The largest absolute Gasteiger partial charge is 0.504 e. The van der Waals surface area contributed by atoms with Crippen LogP contribution < -0.4 is 14.9 Å². The van der Waals surface area contributed by atoms with Crippen LogP contribution in [0.15, 0.2) is 84.0 Å². The van der Waals surface area contributed by atoms with Crippen LogP contribution >= 0.6 is 0 Å². The molecule has 1 heterocycles. The number of aromatic hydroxyl groups is 1. The lowest BCUT2D eigenvalue weighted by molar-refractivity contribution is -0.123. The van der Waals surface area contributed by atoms with E-state index in [1.165, 1.54) is 19.4 Å². The fourth-order valence-electron chi connectivity index (χ4n) is 3.08. The molecule has 0 radical (unpaired) electrons. The number of rotatable bonds is 8. The Morgan fingerprint density at radius 1 is 0.971 bits per heavy atom. The lowest BCUT2D eigenvalue weighted by Crippen LogP contribution is -2.25. The summed E-state index contributed by atoms with van der Waals surface area (Å²) in [6.07, 6.45) is 1.42. The zero-order valence-corrected chi connectivity index (χ0v) is 18.3. The number of aromatic nitrogens is 3. The second-order valence-corrected chi connectivity index (χ2v) is 7.04. The Kier molecular flexibility index (Phi) is 7.04. The molecule has 0 atom stereocenters. The SMILES string of the molecule is COc1cc(/C=N/NC(=O)COc2nnc(-c3ccccc3)c(-c3ccccc3)n2)ccc1O. The highest BCUT2D eigenvalue weighted by atomic mass is 16.5. The van der Waals surface area contributed by atoms with E-state index in [1.54, 1.807) is 12.1 Å². The molecule has 0 saturated carbocycles. The minimum Gasteiger partial charge on any atom is -0.504 e. The van der Waals surface area contributed by atoms with E-state index >= 15 is 0 Å². The first-order chi connectivity index (χ1) is 16.6. The average molecular weight is 455 g/mol. The third kappa shape index (κ3) is 5.52. The van der Waals surface area contributed by atoms with Crippen LogP contribution in [0.1, 0.15) is 5.56 Å². The van der Waals surface area contributed by atoms with Crippen molar-refractivity contribution in [3.05, 3.63) is 84.4 Å². The molecule has 0 spiro atoms. The Balaban J connectivity index is 1.44. The Labute approximate surface area is 195 Å². The Hall–Kier alpha value is -4.79. The first-order valence-electron chi connectivity index (χ1n) is 10.3. The second kappa shape index (κ2) is 10.7. The normalized spacial score (nSPS) is 10.7. The monoisotopic (exact) mass is 455 g/mol. The molecule has 4 rings (SSSR count). The molecule has 34 heavy (non-hydrogen) atoms. The maximum absolute atomic E-state index is 12.1.